The summed E-state index contributed by atoms with van der Waals surface area (Å²) in [5.41, 5.74) is 3.52. The molecule has 0 aliphatic heterocycles. The largest absolute Gasteiger partial charge is 0.493 e. The molecule has 0 spiro atoms. The van der Waals surface area contributed by atoms with Gasteiger partial charge in [0.05, 0.1) is 29.4 Å². The number of fused-ring (bicyclic) bond motifs is 2. The highest BCUT2D eigenvalue weighted by molar-refractivity contribution is 9.08. The number of benzene rings is 3. The van der Waals surface area contributed by atoms with Gasteiger partial charge >= 0.3 is 18.2 Å². The number of ether oxygens (including phenoxy) is 4. The average Bonchev–Trinajstić information content (AvgIpc) is 3.60. The lowest BCUT2D eigenvalue weighted by atomic mass is 9.98. The number of nitrogens with zero attached hydrogens (tertiary/aromatic N) is 4. The van der Waals surface area contributed by atoms with Crippen LogP contribution in [0, 0.1) is 12.7 Å². The van der Waals surface area contributed by atoms with Gasteiger partial charge in [0.15, 0.2) is 0 Å². The Kier molecular flexibility index (Phi) is 14.2. The van der Waals surface area contributed by atoms with E-state index in [4.69, 9.17) is 35.6 Å². The maximum Gasteiger partial charge on any atom is 0.419 e. The maximum atomic E-state index is 14.1. The first kappa shape index (κ1) is 44.5. The summed E-state index contributed by atoms with van der Waals surface area (Å²) < 4.78 is 40.8. The Balaban J connectivity index is 1.55. The van der Waals surface area contributed by atoms with Gasteiger partial charge in [0.25, 0.3) is 0 Å². The van der Waals surface area contributed by atoms with Crippen LogP contribution in [0.15, 0.2) is 48.5 Å². The van der Waals surface area contributed by atoms with E-state index in [1.165, 1.54) is 12.1 Å². The first-order valence-electron chi connectivity index (χ1n) is 19.5. The highest BCUT2D eigenvalue weighted by atomic mass is 79.9. The molecule has 2 aromatic heterocycles. The van der Waals surface area contributed by atoms with Gasteiger partial charge in [-0.15, -0.1) is 0 Å². The van der Waals surface area contributed by atoms with Gasteiger partial charge in [0, 0.05) is 53.1 Å². The monoisotopic (exact) mass is 882 g/mol. The van der Waals surface area contributed by atoms with Crippen LogP contribution in [0.25, 0.3) is 32.8 Å². The van der Waals surface area contributed by atoms with Crippen molar-refractivity contribution in [2.75, 3.05) is 19.8 Å². The van der Waals surface area contributed by atoms with Crippen LogP contribution >= 0.6 is 27.5 Å². The van der Waals surface area contributed by atoms with E-state index in [1.807, 2.05) is 53.6 Å². The summed E-state index contributed by atoms with van der Waals surface area (Å²) in [5, 5.41) is 8.08. The summed E-state index contributed by atoms with van der Waals surface area (Å²) in [4.78, 5) is 41.6. The van der Waals surface area contributed by atoms with Crippen molar-refractivity contribution in [1.29, 1.82) is 0 Å². The van der Waals surface area contributed by atoms with Gasteiger partial charge in [-0.3, -0.25) is 4.68 Å². The molecule has 0 aliphatic rings. The summed E-state index contributed by atoms with van der Waals surface area (Å²) >= 11 is 10.7. The normalized spacial score (nSPS) is 11.9. The molecule has 0 fully saturated rings. The maximum absolute atomic E-state index is 14.1. The quantitative estimate of drug-likeness (QED) is 0.0469. The molecule has 0 aliphatic carbocycles. The van der Waals surface area contributed by atoms with E-state index in [2.05, 4.69) is 15.9 Å². The number of imide groups is 1. The molecule has 58 heavy (non-hydrogen) atoms. The van der Waals surface area contributed by atoms with E-state index >= 15 is 0 Å². The van der Waals surface area contributed by atoms with Crippen LogP contribution in [0.2, 0.25) is 5.02 Å². The second-order valence-electron chi connectivity index (χ2n) is 16.1. The zero-order chi connectivity index (χ0) is 42.5. The van der Waals surface area contributed by atoms with Crippen molar-refractivity contribution in [2.45, 2.75) is 104 Å². The highest BCUT2D eigenvalue weighted by Crippen LogP contribution is 2.43. The predicted molar refractivity (Wildman–Crippen MR) is 229 cm³/mol. The van der Waals surface area contributed by atoms with Gasteiger partial charge in [-0.25, -0.2) is 23.7 Å². The Morgan fingerprint density at radius 2 is 1.59 bits per heavy atom. The number of hydrogen-bond donors (Lipinski definition) is 0. The van der Waals surface area contributed by atoms with Crippen LogP contribution < -0.4 is 4.74 Å². The van der Waals surface area contributed by atoms with Crippen LogP contribution in [-0.2, 0) is 39.6 Å². The van der Waals surface area contributed by atoms with Crippen LogP contribution in [0.3, 0.4) is 0 Å². The lowest BCUT2D eigenvalue weighted by Crippen LogP contribution is -2.44. The molecule has 0 N–H and O–H groups in total. The lowest BCUT2D eigenvalue weighted by molar-refractivity contribution is 0.00113. The fourth-order valence-corrected chi connectivity index (χ4v) is 7.59. The average molecular weight is 884 g/mol. The summed E-state index contributed by atoms with van der Waals surface area (Å²) in [7, 11) is 1.88. The summed E-state index contributed by atoms with van der Waals surface area (Å²) in [5.74, 6) is -0.165. The third kappa shape index (κ3) is 10.3. The molecule has 2 heterocycles. The highest BCUT2D eigenvalue weighted by Gasteiger charge is 2.32. The number of aromatic nitrogens is 3. The smallest absolute Gasteiger partial charge is 0.419 e. The van der Waals surface area contributed by atoms with Gasteiger partial charge in [-0.2, -0.15) is 5.10 Å². The zero-order valence-electron chi connectivity index (χ0n) is 34.8. The van der Waals surface area contributed by atoms with Gasteiger partial charge in [0.1, 0.15) is 28.5 Å². The van der Waals surface area contributed by atoms with E-state index in [0.29, 0.717) is 60.6 Å². The Hall–Kier alpha value is -4.62. The van der Waals surface area contributed by atoms with Crippen molar-refractivity contribution >= 4 is 67.4 Å². The SMILES string of the molecule is CCOC(=O)c1c(CCCOc2cccc3cc(F)ccc23)c2ccc(Cl)c(-c3c(CBr)nn(C)c3C)c2n1CCCCN(C(=O)OC(C)(C)C)C(=O)OC(C)(C)C. The fraction of sp³-hybridized carbons (Fsp3) is 0.455. The van der Waals surface area contributed by atoms with E-state index in [-0.39, 0.29) is 19.0 Å². The van der Waals surface area contributed by atoms with Gasteiger partial charge < -0.3 is 23.5 Å². The number of halogens is 3. The second-order valence-corrected chi connectivity index (χ2v) is 17.0. The molecule has 2 amide bonds. The third-order valence-electron chi connectivity index (χ3n) is 9.40. The summed E-state index contributed by atoms with van der Waals surface area (Å²) in [6.45, 7) is 15.0. The number of alkyl halides is 1. The number of rotatable bonds is 14. The molecule has 0 radical (unpaired) electrons. The van der Waals surface area contributed by atoms with Crippen LogP contribution in [0.5, 0.6) is 5.75 Å². The first-order chi connectivity index (χ1) is 27.3. The van der Waals surface area contributed by atoms with Crippen LogP contribution in [0.1, 0.15) is 95.2 Å². The zero-order valence-corrected chi connectivity index (χ0v) is 37.1. The molecular weight excluding hydrogens is 831 g/mol. The minimum Gasteiger partial charge on any atom is -0.493 e. The van der Waals surface area contributed by atoms with Crippen LogP contribution in [-0.4, -0.2) is 68.4 Å². The number of carbonyl (C=O) groups is 3. The van der Waals surface area contributed by atoms with Crippen LogP contribution in [0.4, 0.5) is 14.0 Å². The number of amides is 2. The van der Waals surface area contributed by atoms with Crippen molar-refractivity contribution in [3.05, 3.63) is 82.0 Å². The van der Waals surface area contributed by atoms with E-state index < -0.39 is 29.4 Å². The van der Waals surface area contributed by atoms with E-state index in [1.54, 1.807) is 54.5 Å². The molecule has 0 atom stereocenters. The van der Waals surface area contributed by atoms with Gasteiger partial charge in [-0.05, 0) is 122 Å². The van der Waals surface area contributed by atoms with Crippen molar-refractivity contribution in [3.8, 4) is 16.9 Å². The molecule has 0 saturated carbocycles. The Morgan fingerprint density at radius 1 is 0.914 bits per heavy atom. The second kappa shape index (κ2) is 18.5. The number of hydrogen-bond acceptors (Lipinski definition) is 8. The topological polar surface area (TPSA) is 114 Å². The molecular formula is C44H53BrClFN4O7. The third-order valence-corrected chi connectivity index (χ3v) is 10.2. The molecule has 14 heteroatoms. The first-order valence-corrected chi connectivity index (χ1v) is 21.0. The van der Waals surface area contributed by atoms with Gasteiger partial charge in [-0.1, -0.05) is 45.7 Å². The molecule has 5 rings (SSSR count). The Labute approximate surface area is 352 Å². The van der Waals surface area contributed by atoms with Crippen molar-refractivity contribution < 1.29 is 37.7 Å². The van der Waals surface area contributed by atoms with Crippen molar-refractivity contribution in [1.82, 2.24) is 19.2 Å². The number of carbonyl (C=O) groups excluding carboxylic acids is 3. The minimum atomic E-state index is -0.834. The fourth-order valence-electron chi connectivity index (χ4n) is 6.95. The molecule has 5 aromatic rings. The number of unbranched alkanes of at least 4 members (excludes halogenated alkanes) is 1. The van der Waals surface area contributed by atoms with Crippen molar-refractivity contribution in [3.63, 3.8) is 0 Å². The van der Waals surface area contributed by atoms with Gasteiger partial charge in [0.2, 0.25) is 0 Å². The summed E-state index contributed by atoms with van der Waals surface area (Å²) in [6.07, 6.45) is 0.215. The lowest BCUT2D eigenvalue weighted by Gasteiger charge is -2.28. The number of esters is 1. The molecule has 0 bridgehead atoms. The standard InChI is InChI=1S/C44H53BrClFN4O7/c1-10-55-40(52)39-31(16-14-24-56-35-17-13-15-28-25-29(47)18-19-30(28)35)32-20-21-33(46)37(36-27(2)49(9)48-34(36)26-45)38(32)50(39)22-11-12-23-51(41(53)57-43(3,4)5)42(54)58-44(6,7)8/h13,15,17-21,25H,10-12,14,16,22-24,26H2,1-9H3. The molecule has 0 unspecified atom stereocenters. The predicted octanol–water partition coefficient (Wildman–Crippen LogP) is 11.3. The molecule has 11 nitrogen and oxygen atoms in total. The van der Waals surface area contributed by atoms with E-state index in [0.717, 1.165) is 54.7 Å². The Morgan fingerprint density at radius 3 is 2.22 bits per heavy atom. The minimum absolute atomic E-state index is 0.0197. The van der Waals surface area contributed by atoms with E-state index in [9.17, 15) is 18.8 Å². The molecule has 312 valence electrons. The molecule has 3 aromatic carbocycles. The summed E-state index contributed by atoms with van der Waals surface area (Å²) in [6, 6.07) is 13.9. The number of aryl methyl sites for hydroxylation is 3. The molecule has 0 saturated heterocycles. The van der Waals surface area contributed by atoms with Crippen molar-refractivity contribution in [2.24, 2.45) is 7.05 Å². The Bertz CT molecular complexity index is 2280.